The predicted molar refractivity (Wildman–Crippen MR) is 57.7 cm³/mol. The van der Waals surface area contributed by atoms with E-state index in [1.54, 1.807) is 0 Å². The molecule has 0 spiro atoms. The van der Waals surface area contributed by atoms with Gasteiger partial charge in [-0.15, -0.1) is 0 Å². The minimum absolute atomic E-state index is 0.659. The Kier molecular flexibility index (Phi) is 3.97. The van der Waals surface area contributed by atoms with Gasteiger partial charge in [-0.25, -0.2) is 0 Å². The van der Waals surface area contributed by atoms with Gasteiger partial charge in [0.15, 0.2) is 0 Å². The Morgan fingerprint density at radius 1 is 1.15 bits per heavy atom. The van der Waals surface area contributed by atoms with Gasteiger partial charge in [-0.3, -0.25) is 0 Å². The van der Waals surface area contributed by atoms with Crippen LogP contribution in [0.15, 0.2) is 24.3 Å². The Morgan fingerprint density at radius 2 is 1.77 bits per heavy atom. The van der Waals surface area contributed by atoms with E-state index in [1.807, 2.05) is 0 Å². The molecule has 1 rings (SSSR count). The summed E-state index contributed by atoms with van der Waals surface area (Å²) in [6.07, 6.45) is 2.40. The first kappa shape index (κ1) is 10.3. The van der Waals surface area contributed by atoms with Gasteiger partial charge in [0.2, 0.25) is 0 Å². The molecule has 0 saturated carbocycles. The van der Waals surface area contributed by atoms with E-state index in [4.69, 9.17) is 5.73 Å². The fourth-order valence-corrected chi connectivity index (χ4v) is 1.85. The van der Waals surface area contributed by atoms with E-state index >= 15 is 0 Å². The van der Waals surface area contributed by atoms with Gasteiger partial charge in [0.1, 0.15) is 0 Å². The molecular weight excluding hydrogens is 158 g/mol. The van der Waals surface area contributed by atoms with Crippen LogP contribution in [0.2, 0.25) is 0 Å². The van der Waals surface area contributed by atoms with Crippen LogP contribution in [-0.2, 0) is 6.54 Å². The van der Waals surface area contributed by atoms with Crippen molar-refractivity contribution in [1.29, 1.82) is 0 Å². The topological polar surface area (TPSA) is 26.0 Å². The Labute approximate surface area is 81.0 Å². The highest BCUT2D eigenvalue weighted by Crippen LogP contribution is 2.25. The third-order valence-electron chi connectivity index (χ3n) is 2.70. The van der Waals surface area contributed by atoms with Crippen LogP contribution in [0.25, 0.3) is 0 Å². The summed E-state index contributed by atoms with van der Waals surface area (Å²) in [5.41, 5.74) is 8.44. The van der Waals surface area contributed by atoms with E-state index in [1.165, 1.54) is 24.0 Å². The van der Waals surface area contributed by atoms with Crippen molar-refractivity contribution in [2.24, 2.45) is 5.73 Å². The Bertz CT molecular complexity index is 251. The zero-order chi connectivity index (χ0) is 9.68. The average molecular weight is 177 g/mol. The predicted octanol–water partition coefficient (Wildman–Crippen LogP) is 3.05. The smallest absolute Gasteiger partial charge is 0.0180 e. The Balaban J connectivity index is 2.96. The van der Waals surface area contributed by atoms with Crippen LogP contribution in [-0.4, -0.2) is 0 Å². The van der Waals surface area contributed by atoms with E-state index < -0.39 is 0 Å². The van der Waals surface area contributed by atoms with Gasteiger partial charge in [-0.05, 0) is 29.9 Å². The maximum absolute atomic E-state index is 5.70. The Morgan fingerprint density at radius 3 is 2.31 bits per heavy atom. The molecule has 0 radical (unpaired) electrons. The largest absolute Gasteiger partial charge is 0.326 e. The van der Waals surface area contributed by atoms with E-state index in [2.05, 4.69) is 38.1 Å². The van der Waals surface area contributed by atoms with Crippen LogP contribution in [0, 0.1) is 0 Å². The lowest BCUT2D eigenvalue weighted by Gasteiger charge is -2.16. The molecule has 0 saturated heterocycles. The van der Waals surface area contributed by atoms with Crippen molar-refractivity contribution in [1.82, 2.24) is 0 Å². The van der Waals surface area contributed by atoms with Crippen LogP contribution < -0.4 is 5.73 Å². The summed E-state index contributed by atoms with van der Waals surface area (Å²) < 4.78 is 0. The van der Waals surface area contributed by atoms with Gasteiger partial charge in [-0.1, -0.05) is 38.1 Å². The van der Waals surface area contributed by atoms with Crippen LogP contribution in [0.3, 0.4) is 0 Å². The summed E-state index contributed by atoms with van der Waals surface area (Å²) in [7, 11) is 0. The van der Waals surface area contributed by atoms with Gasteiger partial charge in [-0.2, -0.15) is 0 Å². The quantitative estimate of drug-likeness (QED) is 0.751. The summed E-state index contributed by atoms with van der Waals surface area (Å²) >= 11 is 0. The summed E-state index contributed by atoms with van der Waals surface area (Å²) in [5.74, 6) is 0.680. The highest BCUT2D eigenvalue weighted by atomic mass is 14.5. The lowest BCUT2D eigenvalue weighted by Crippen LogP contribution is -2.05. The second-order valence-electron chi connectivity index (χ2n) is 3.42. The highest BCUT2D eigenvalue weighted by Gasteiger charge is 2.09. The Hall–Kier alpha value is -0.820. The van der Waals surface area contributed by atoms with Gasteiger partial charge < -0.3 is 5.73 Å². The monoisotopic (exact) mass is 177 g/mol. The fourth-order valence-electron chi connectivity index (χ4n) is 1.85. The maximum Gasteiger partial charge on any atom is 0.0180 e. The fraction of sp³-hybridized carbons (Fsp3) is 0.500. The van der Waals surface area contributed by atoms with Crippen molar-refractivity contribution in [3.63, 3.8) is 0 Å². The van der Waals surface area contributed by atoms with Crippen LogP contribution in [0.4, 0.5) is 0 Å². The van der Waals surface area contributed by atoms with Crippen LogP contribution in [0.1, 0.15) is 43.7 Å². The molecule has 0 aromatic heterocycles. The van der Waals surface area contributed by atoms with Gasteiger partial charge in [0, 0.05) is 6.54 Å². The molecule has 0 unspecified atom stereocenters. The number of hydrogen-bond acceptors (Lipinski definition) is 1. The minimum atomic E-state index is 0.659. The number of rotatable bonds is 4. The van der Waals surface area contributed by atoms with E-state index in [9.17, 15) is 0 Å². The van der Waals surface area contributed by atoms with Crippen molar-refractivity contribution in [3.05, 3.63) is 35.4 Å². The molecule has 0 fully saturated rings. The molecule has 0 aliphatic rings. The summed E-state index contributed by atoms with van der Waals surface area (Å²) in [4.78, 5) is 0. The van der Waals surface area contributed by atoms with E-state index in [-0.39, 0.29) is 0 Å². The molecule has 1 aromatic rings. The molecule has 1 heteroatoms. The number of nitrogens with two attached hydrogens (primary N) is 1. The second-order valence-corrected chi connectivity index (χ2v) is 3.42. The van der Waals surface area contributed by atoms with E-state index in [0.717, 1.165) is 0 Å². The molecule has 72 valence electrons. The molecular formula is C12H19N. The number of hydrogen-bond donors (Lipinski definition) is 1. The molecule has 1 aromatic carbocycles. The molecule has 0 heterocycles. The summed E-state index contributed by atoms with van der Waals surface area (Å²) in [6, 6.07) is 8.51. The number of benzene rings is 1. The van der Waals surface area contributed by atoms with Crippen molar-refractivity contribution in [3.8, 4) is 0 Å². The third-order valence-corrected chi connectivity index (χ3v) is 2.70. The van der Waals surface area contributed by atoms with E-state index in [0.29, 0.717) is 12.5 Å². The van der Waals surface area contributed by atoms with Crippen molar-refractivity contribution >= 4 is 0 Å². The second kappa shape index (κ2) is 5.03. The molecule has 0 aliphatic carbocycles. The summed E-state index contributed by atoms with van der Waals surface area (Å²) in [5, 5.41) is 0. The SMILES string of the molecule is CCC(CC)c1ccccc1CN. The van der Waals surface area contributed by atoms with Crippen molar-refractivity contribution < 1.29 is 0 Å². The van der Waals surface area contributed by atoms with Crippen LogP contribution in [0.5, 0.6) is 0 Å². The normalized spacial score (nSPS) is 10.8. The van der Waals surface area contributed by atoms with Crippen molar-refractivity contribution in [2.75, 3.05) is 0 Å². The molecule has 0 atom stereocenters. The zero-order valence-electron chi connectivity index (χ0n) is 8.59. The molecule has 0 aliphatic heterocycles. The van der Waals surface area contributed by atoms with Crippen LogP contribution >= 0.6 is 0 Å². The molecule has 1 nitrogen and oxygen atoms in total. The first-order valence-corrected chi connectivity index (χ1v) is 5.11. The molecule has 0 amide bonds. The molecule has 0 bridgehead atoms. The van der Waals surface area contributed by atoms with Gasteiger partial charge in [0.05, 0.1) is 0 Å². The first-order valence-electron chi connectivity index (χ1n) is 5.11. The minimum Gasteiger partial charge on any atom is -0.326 e. The standard InChI is InChI=1S/C12H19N/c1-3-10(4-2)12-8-6-5-7-11(12)9-13/h5-8,10H,3-4,9,13H2,1-2H3. The molecule has 13 heavy (non-hydrogen) atoms. The average Bonchev–Trinajstić information content (AvgIpc) is 2.20. The lowest BCUT2D eigenvalue weighted by atomic mass is 9.90. The first-order chi connectivity index (χ1) is 6.33. The lowest BCUT2D eigenvalue weighted by molar-refractivity contribution is 0.635. The van der Waals surface area contributed by atoms with Gasteiger partial charge in [0.25, 0.3) is 0 Å². The highest BCUT2D eigenvalue weighted by molar-refractivity contribution is 5.30. The molecule has 2 N–H and O–H groups in total. The summed E-state index contributed by atoms with van der Waals surface area (Å²) in [6.45, 7) is 5.13. The zero-order valence-corrected chi connectivity index (χ0v) is 8.59. The third kappa shape index (κ3) is 2.31. The van der Waals surface area contributed by atoms with Crippen molar-refractivity contribution in [2.45, 2.75) is 39.2 Å². The van der Waals surface area contributed by atoms with Gasteiger partial charge >= 0.3 is 0 Å². The maximum atomic E-state index is 5.70.